The van der Waals surface area contributed by atoms with Crippen LogP contribution < -0.4 is 3.79 Å². The molecule has 0 aliphatic carbocycles. The largest absolute Gasteiger partial charge is 0.679 e. The molecule has 88 valence electrons. The Bertz CT molecular complexity index is 381. The molecule has 0 aromatic heterocycles. The van der Waals surface area contributed by atoms with Crippen molar-refractivity contribution in [1.82, 2.24) is 0 Å². The molecule has 0 fully saturated rings. The van der Waals surface area contributed by atoms with Gasteiger partial charge in [0.05, 0.1) is 15.1 Å². The van der Waals surface area contributed by atoms with Crippen LogP contribution in [0.5, 0.6) is 5.75 Å². The van der Waals surface area contributed by atoms with Gasteiger partial charge in [-0.3, -0.25) is 0 Å². The summed E-state index contributed by atoms with van der Waals surface area (Å²) in [7, 11) is 5.97. The SMILES string of the molecule is C[CH2][Al]([Cl])[O]c1c(Cl)c(Cl)c(Cl)c(Cl)c1Cl. The molecule has 1 aromatic carbocycles. The molecule has 0 saturated carbocycles. The quantitative estimate of drug-likeness (QED) is 0.362. The Morgan fingerprint density at radius 1 is 0.875 bits per heavy atom. The van der Waals surface area contributed by atoms with Crippen molar-refractivity contribution in [1.29, 1.82) is 0 Å². The zero-order valence-electron chi connectivity index (χ0n) is 7.96. The predicted molar refractivity (Wildman–Crippen MR) is 74.2 cm³/mol. The standard InChI is InChI=1S/C6HCl5O.C2H5.Al.ClH/c7-1-2(8)4(10)6(12)5(11)3(1)9;1-2;;/h12H;1H2,2H3;;1H/q;;+2;/p-2. The third-order valence-electron chi connectivity index (χ3n) is 1.74. The zero-order chi connectivity index (χ0) is 12.5. The fourth-order valence-electron chi connectivity index (χ4n) is 0.899. The van der Waals surface area contributed by atoms with Gasteiger partial charge in [-0.25, -0.2) is 10.0 Å². The minimum atomic E-state index is -1.88. The van der Waals surface area contributed by atoms with Crippen molar-refractivity contribution in [2.75, 3.05) is 0 Å². The van der Waals surface area contributed by atoms with Crippen molar-refractivity contribution in [3.63, 3.8) is 0 Å². The molecule has 1 aromatic rings. The van der Waals surface area contributed by atoms with Crippen molar-refractivity contribution in [2.24, 2.45) is 0 Å². The zero-order valence-corrected chi connectivity index (χ0v) is 13.7. The summed E-state index contributed by atoms with van der Waals surface area (Å²) in [4.78, 5) is 0. The Balaban J connectivity index is 3.28. The van der Waals surface area contributed by atoms with Crippen LogP contribution in [0.15, 0.2) is 0 Å². The molecule has 0 aliphatic heterocycles. The third-order valence-corrected chi connectivity index (χ3v) is 6.30. The minimum Gasteiger partial charge on any atom is -0.629 e. The van der Waals surface area contributed by atoms with Crippen LogP contribution in [-0.2, 0) is 0 Å². The Kier molecular flexibility index (Phi) is 6.19. The number of hydrogen-bond acceptors (Lipinski definition) is 1. The summed E-state index contributed by atoms with van der Waals surface area (Å²) in [5, 5.41) is 1.31. The van der Waals surface area contributed by atoms with E-state index < -0.39 is 13.6 Å². The average Bonchev–Trinajstić information content (AvgIpc) is 2.29. The first-order chi connectivity index (χ1) is 7.40. The van der Waals surface area contributed by atoms with Crippen LogP contribution in [0.1, 0.15) is 6.92 Å². The topological polar surface area (TPSA) is 9.23 Å². The van der Waals surface area contributed by atoms with E-state index in [-0.39, 0.29) is 30.9 Å². The molecule has 0 saturated heterocycles. The maximum absolute atomic E-state index is 5.97. The number of rotatable bonds is 3. The molecule has 0 atom stereocenters. The van der Waals surface area contributed by atoms with E-state index in [1.807, 2.05) is 6.92 Å². The summed E-state index contributed by atoms with van der Waals surface area (Å²) in [6.07, 6.45) is 0. The van der Waals surface area contributed by atoms with E-state index in [2.05, 4.69) is 0 Å². The van der Waals surface area contributed by atoms with Gasteiger partial charge in [0.25, 0.3) is 0 Å². The molecular weight excluding hydrogens is 352 g/mol. The van der Waals surface area contributed by atoms with Gasteiger partial charge in [0.2, 0.25) is 0 Å². The highest BCUT2D eigenvalue weighted by Gasteiger charge is 2.25. The maximum atomic E-state index is 5.97. The fourth-order valence-corrected chi connectivity index (χ4v) is 3.18. The number of hydrogen-bond donors (Lipinski definition) is 0. The van der Waals surface area contributed by atoms with Crippen molar-refractivity contribution >= 4 is 81.6 Å². The van der Waals surface area contributed by atoms with E-state index in [9.17, 15) is 0 Å². The van der Waals surface area contributed by atoms with Gasteiger partial charge in [0.15, 0.2) is 0 Å². The summed E-state index contributed by atoms with van der Waals surface area (Å²) in [6, 6.07) is 0. The molecule has 0 amide bonds. The smallest absolute Gasteiger partial charge is 0.629 e. The lowest BCUT2D eigenvalue weighted by Crippen LogP contribution is -2.13. The second kappa shape index (κ2) is 6.46. The van der Waals surface area contributed by atoms with E-state index in [1.165, 1.54) is 0 Å². The van der Waals surface area contributed by atoms with Crippen LogP contribution in [0.2, 0.25) is 30.4 Å². The van der Waals surface area contributed by atoms with Crippen LogP contribution >= 0.6 is 68.1 Å². The second-order valence-corrected chi connectivity index (χ2v) is 8.06. The molecule has 0 unspecified atom stereocenters. The Labute approximate surface area is 127 Å². The predicted octanol–water partition coefficient (Wildman–Crippen LogP) is 6.08. The van der Waals surface area contributed by atoms with E-state index in [0.717, 1.165) is 0 Å². The molecule has 0 bridgehead atoms. The molecule has 0 N–H and O–H groups in total. The summed E-state index contributed by atoms with van der Waals surface area (Å²) >= 11 is 27.6. The van der Waals surface area contributed by atoms with Gasteiger partial charge in [-0.2, -0.15) is 0 Å². The Hall–Kier alpha value is 1.29. The highest BCUT2D eigenvalue weighted by Crippen LogP contribution is 2.48. The second-order valence-electron chi connectivity index (χ2n) is 2.84. The van der Waals surface area contributed by atoms with E-state index in [1.54, 1.807) is 0 Å². The van der Waals surface area contributed by atoms with E-state index in [4.69, 9.17) is 71.8 Å². The van der Waals surface area contributed by atoms with Gasteiger partial charge in [-0.15, -0.1) is 0 Å². The average molecular weight is 357 g/mol. The number of benzene rings is 1. The first-order valence-corrected chi connectivity index (χ1v) is 9.14. The highest BCUT2D eigenvalue weighted by atomic mass is 35.6. The monoisotopic (exact) mass is 354 g/mol. The van der Waals surface area contributed by atoms with Crippen molar-refractivity contribution in [3.8, 4) is 5.75 Å². The molecular formula is C8H5AlCl6O. The lowest BCUT2D eigenvalue weighted by Gasteiger charge is -2.15. The fraction of sp³-hybridized carbons (Fsp3) is 0.250. The van der Waals surface area contributed by atoms with Crippen LogP contribution in [0.4, 0.5) is 0 Å². The van der Waals surface area contributed by atoms with Crippen molar-refractivity contribution < 1.29 is 3.79 Å². The number of halogens is 6. The molecule has 0 aliphatic rings. The molecule has 16 heavy (non-hydrogen) atoms. The van der Waals surface area contributed by atoms with Gasteiger partial charge in [0, 0.05) is 0 Å². The molecule has 8 heteroatoms. The normalized spacial score (nSPS) is 10.4. The lowest BCUT2D eigenvalue weighted by molar-refractivity contribution is 0.587. The Morgan fingerprint density at radius 3 is 1.62 bits per heavy atom. The molecule has 0 spiro atoms. The first-order valence-electron chi connectivity index (χ1n) is 4.22. The molecule has 1 rings (SSSR count). The summed E-state index contributed by atoms with van der Waals surface area (Å²) < 4.78 is 5.45. The summed E-state index contributed by atoms with van der Waals surface area (Å²) in [6.45, 7) is 1.91. The van der Waals surface area contributed by atoms with E-state index in [0.29, 0.717) is 5.28 Å². The van der Waals surface area contributed by atoms with Crippen LogP contribution in [0.25, 0.3) is 0 Å². The summed E-state index contributed by atoms with van der Waals surface area (Å²) in [5.41, 5.74) is 0. The lowest BCUT2D eigenvalue weighted by atomic mass is 10.3. The van der Waals surface area contributed by atoms with Gasteiger partial charge < -0.3 is 3.79 Å². The Morgan fingerprint density at radius 2 is 1.25 bits per heavy atom. The van der Waals surface area contributed by atoms with Gasteiger partial charge in [0.1, 0.15) is 15.8 Å². The van der Waals surface area contributed by atoms with Crippen LogP contribution in [0.3, 0.4) is 0 Å². The van der Waals surface area contributed by atoms with Crippen molar-refractivity contribution in [3.05, 3.63) is 25.1 Å². The van der Waals surface area contributed by atoms with Gasteiger partial charge >= 0.3 is 13.6 Å². The van der Waals surface area contributed by atoms with Crippen molar-refractivity contribution in [2.45, 2.75) is 12.2 Å². The minimum absolute atomic E-state index is 0.106. The third kappa shape index (κ3) is 3.19. The molecule has 1 nitrogen and oxygen atoms in total. The molecule has 0 radical (unpaired) electrons. The van der Waals surface area contributed by atoms with Gasteiger partial charge in [-0.1, -0.05) is 64.9 Å². The summed E-state index contributed by atoms with van der Waals surface area (Å²) in [5.74, 6) is 0.205. The maximum Gasteiger partial charge on any atom is 0.679 e. The van der Waals surface area contributed by atoms with Gasteiger partial charge in [-0.05, 0) is 5.28 Å². The van der Waals surface area contributed by atoms with E-state index >= 15 is 0 Å². The molecule has 0 heterocycles. The first kappa shape index (κ1) is 15.4. The highest BCUT2D eigenvalue weighted by molar-refractivity contribution is 7.03. The van der Waals surface area contributed by atoms with Crippen LogP contribution in [-0.4, -0.2) is 13.6 Å². The van der Waals surface area contributed by atoms with Crippen LogP contribution in [0, 0.1) is 0 Å².